The molecule has 1 heterocycles. The molecule has 3 aromatic carbocycles. The van der Waals surface area contributed by atoms with Gasteiger partial charge in [0.1, 0.15) is 0 Å². The lowest BCUT2D eigenvalue weighted by Crippen LogP contribution is -2.14. The van der Waals surface area contributed by atoms with Crippen LogP contribution in [0.3, 0.4) is 0 Å². The van der Waals surface area contributed by atoms with Gasteiger partial charge in [0.25, 0.3) is 0 Å². The Balaban J connectivity index is 1.66. The van der Waals surface area contributed by atoms with E-state index in [0.29, 0.717) is 5.56 Å². The zero-order valence-electron chi connectivity index (χ0n) is 17.8. The molecular weight excluding hydrogens is 384 g/mol. The molecule has 1 amide bonds. The van der Waals surface area contributed by atoms with Crippen molar-refractivity contribution in [3.05, 3.63) is 90.0 Å². The van der Waals surface area contributed by atoms with Crippen LogP contribution in [-0.2, 0) is 6.42 Å². The van der Waals surface area contributed by atoms with Crippen LogP contribution in [0, 0.1) is 0 Å². The Bertz CT molecular complexity index is 1200. The molecule has 0 aliphatic heterocycles. The highest BCUT2D eigenvalue weighted by atomic mass is 16.1. The normalized spacial score (nSPS) is 11.1. The van der Waals surface area contributed by atoms with Gasteiger partial charge >= 0.3 is 0 Å². The SMILES string of the molecule is CN(C)CCc1ccc(Nc2cc(-c3ccc(C(N)=O)cc3)nc3ccccc23)cc1. The van der Waals surface area contributed by atoms with Crippen LogP contribution in [0.4, 0.5) is 11.4 Å². The number of amides is 1. The molecule has 0 aliphatic carbocycles. The summed E-state index contributed by atoms with van der Waals surface area (Å²) in [5.74, 6) is -0.436. The fourth-order valence-corrected chi connectivity index (χ4v) is 3.49. The molecule has 0 radical (unpaired) electrons. The third-order valence-electron chi connectivity index (χ3n) is 5.26. The lowest BCUT2D eigenvalue weighted by molar-refractivity contribution is 0.100. The summed E-state index contributed by atoms with van der Waals surface area (Å²) in [5, 5.41) is 4.61. The van der Waals surface area contributed by atoms with Gasteiger partial charge in [0.2, 0.25) is 5.91 Å². The maximum absolute atomic E-state index is 11.4. The molecule has 0 fully saturated rings. The van der Waals surface area contributed by atoms with E-state index in [1.807, 2.05) is 36.4 Å². The number of nitrogens with one attached hydrogen (secondary N) is 1. The number of hydrogen-bond donors (Lipinski definition) is 2. The van der Waals surface area contributed by atoms with Gasteiger partial charge in [-0.25, -0.2) is 4.98 Å². The van der Waals surface area contributed by atoms with Crippen molar-refractivity contribution < 1.29 is 4.79 Å². The van der Waals surface area contributed by atoms with Crippen molar-refractivity contribution in [2.75, 3.05) is 26.0 Å². The summed E-state index contributed by atoms with van der Waals surface area (Å²) in [6.07, 6.45) is 1.02. The van der Waals surface area contributed by atoms with Gasteiger partial charge in [-0.15, -0.1) is 0 Å². The molecule has 0 atom stereocenters. The molecule has 0 aliphatic rings. The van der Waals surface area contributed by atoms with E-state index in [1.54, 1.807) is 12.1 Å². The highest BCUT2D eigenvalue weighted by Gasteiger charge is 2.09. The average molecular weight is 411 g/mol. The van der Waals surface area contributed by atoms with Crippen molar-refractivity contribution in [2.45, 2.75) is 6.42 Å². The first-order chi connectivity index (χ1) is 15.0. The number of likely N-dealkylation sites (N-methyl/N-ethyl adjacent to an activating group) is 1. The smallest absolute Gasteiger partial charge is 0.248 e. The first kappa shape index (κ1) is 20.6. The van der Waals surface area contributed by atoms with Crippen LogP contribution in [0.1, 0.15) is 15.9 Å². The summed E-state index contributed by atoms with van der Waals surface area (Å²) in [6, 6.07) is 25.9. The maximum atomic E-state index is 11.4. The van der Waals surface area contributed by atoms with E-state index in [-0.39, 0.29) is 0 Å². The fraction of sp³-hybridized carbons (Fsp3) is 0.154. The minimum atomic E-state index is -0.436. The minimum Gasteiger partial charge on any atom is -0.366 e. The zero-order valence-corrected chi connectivity index (χ0v) is 17.8. The quantitative estimate of drug-likeness (QED) is 0.457. The number of aromatic nitrogens is 1. The standard InChI is InChI=1S/C26H26N4O/c1-30(2)16-15-18-7-13-21(14-8-18)28-25-17-24(29-23-6-4-3-5-22(23)25)19-9-11-20(12-10-19)26(27)31/h3-14,17H,15-16H2,1-2H3,(H2,27,31)(H,28,29). The largest absolute Gasteiger partial charge is 0.366 e. The monoisotopic (exact) mass is 410 g/mol. The van der Waals surface area contributed by atoms with Crippen molar-refractivity contribution in [2.24, 2.45) is 5.73 Å². The topological polar surface area (TPSA) is 71.2 Å². The third-order valence-corrected chi connectivity index (χ3v) is 5.26. The van der Waals surface area contributed by atoms with E-state index < -0.39 is 5.91 Å². The number of pyridine rings is 1. The van der Waals surface area contributed by atoms with Gasteiger partial charge in [-0.2, -0.15) is 0 Å². The summed E-state index contributed by atoms with van der Waals surface area (Å²) < 4.78 is 0. The van der Waals surface area contributed by atoms with E-state index in [9.17, 15) is 4.79 Å². The Morgan fingerprint density at radius 1 is 0.968 bits per heavy atom. The molecule has 156 valence electrons. The number of primary amides is 1. The second-order valence-corrected chi connectivity index (χ2v) is 7.89. The molecule has 5 heteroatoms. The maximum Gasteiger partial charge on any atom is 0.248 e. The van der Waals surface area contributed by atoms with E-state index in [2.05, 4.69) is 54.6 Å². The number of hydrogen-bond acceptors (Lipinski definition) is 4. The number of para-hydroxylation sites is 1. The van der Waals surface area contributed by atoms with Gasteiger partial charge in [0.05, 0.1) is 16.9 Å². The highest BCUT2D eigenvalue weighted by molar-refractivity contribution is 5.96. The number of anilines is 2. The molecule has 4 aromatic rings. The third kappa shape index (κ3) is 4.90. The molecule has 0 saturated carbocycles. The number of rotatable bonds is 7. The van der Waals surface area contributed by atoms with Gasteiger partial charge < -0.3 is 16.0 Å². The number of nitrogens with zero attached hydrogens (tertiary/aromatic N) is 2. The molecule has 1 aromatic heterocycles. The number of carbonyl (C=O) groups excluding carboxylic acids is 1. The van der Waals surface area contributed by atoms with Gasteiger partial charge in [-0.3, -0.25) is 4.79 Å². The van der Waals surface area contributed by atoms with Crippen LogP contribution in [0.15, 0.2) is 78.9 Å². The first-order valence-corrected chi connectivity index (χ1v) is 10.3. The molecule has 0 spiro atoms. The second kappa shape index (κ2) is 8.98. The van der Waals surface area contributed by atoms with Crippen LogP contribution in [-0.4, -0.2) is 36.4 Å². The van der Waals surface area contributed by atoms with Crippen molar-refractivity contribution >= 4 is 28.2 Å². The van der Waals surface area contributed by atoms with Crippen molar-refractivity contribution in [1.82, 2.24) is 9.88 Å². The Morgan fingerprint density at radius 2 is 1.68 bits per heavy atom. The predicted molar refractivity (Wildman–Crippen MR) is 128 cm³/mol. The molecule has 0 saturated heterocycles. The van der Waals surface area contributed by atoms with E-state index >= 15 is 0 Å². The number of nitrogens with two attached hydrogens (primary N) is 1. The van der Waals surface area contributed by atoms with Crippen molar-refractivity contribution in [3.63, 3.8) is 0 Å². The molecule has 4 rings (SSSR count). The van der Waals surface area contributed by atoms with E-state index in [4.69, 9.17) is 10.7 Å². The van der Waals surface area contributed by atoms with Crippen molar-refractivity contribution in [1.29, 1.82) is 0 Å². The lowest BCUT2D eigenvalue weighted by atomic mass is 10.1. The number of carbonyl (C=O) groups is 1. The van der Waals surface area contributed by atoms with Gasteiger partial charge in [-0.1, -0.05) is 42.5 Å². The van der Waals surface area contributed by atoms with Crippen LogP contribution >= 0.6 is 0 Å². The second-order valence-electron chi connectivity index (χ2n) is 7.89. The summed E-state index contributed by atoms with van der Waals surface area (Å²) in [6.45, 7) is 1.03. The van der Waals surface area contributed by atoms with Crippen LogP contribution < -0.4 is 11.1 Å². The molecule has 0 bridgehead atoms. The van der Waals surface area contributed by atoms with Gasteiger partial charge in [0, 0.05) is 28.7 Å². The molecular formula is C26H26N4O. The number of benzene rings is 3. The predicted octanol–water partition coefficient (Wildman–Crippen LogP) is 4.85. The summed E-state index contributed by atoms with van der Waals surface area (Å²) >= 11 is 0. The summed E-state index contributed by atoms with van der Waals surface area (Å²) in [5.41, 5.74) is 11.8. The van der Waals surface area contributed by atoms with Gasteiger partial charge in [-0.05, 0) is 62.5 Å². The molecule has 3 N–H and O–H groups in total. The van der Waals surface area contributed by atoms with Crippen LogP contribution in [0.25, 0.3) is 22.2 Å². The van der Waals surface area contributed by atoms with Crippen LogP contribution in [0.2, 0.25) is 0 Å². The average Bonchev–Trinajstić information content (AvgIpc) is 2.78. The Morgan fingerprint density at radius 3 is 2.35 bits per heavy atom. The van der Waals surface area contributed by atoms with Crippen LogP contribution in [0.5, 0.6) is 0 Å². The number of fused-ring (bicyclic) bond motifs is 1. The Labute approximate surface area is 182 Å². The Kier molecular flexibility index (Phi) is 5.96. The highest BCUT2D eigenvalue weighted by Crippen LogP contribution is 2.30. The summed E-state index contributed by atoms with van der Waals surface area (Å²) in [4.78, 5) is 18.4. The molecule has 0 unspecified atom stereocenters. The Hall–Kier alpha value is -3.70. The minimum absolute atomic E-state index is 0.436. The van der Waals surface area contributed by atoms with Crippen molar-refractivity contribution in [3.8, 4) is 11.3 Å². The summed E-state index contributed by atoms with van der Waals surface area (Å²) in [7, 11) is 4.17. The molecule has 31 heavy (non-hydrogen) atoms. The lowest BCUT2D eigenvalue weighted by Gasteiger charge is -2.13. The zero-order chi connectivity index (χ0) is 21.8. The molecule has 5 nitrogen and oxygen atoms in total. The van der Waals surface area contributed by atoms with E-state index in [0.717, 1.165) is 46.5 Å². The fourth-order valence-electron chi connectivity index (χ4n) is 3.49. The van der Waals surface area contributed by atoms with Gasteiger partial charge in [0.15, 0.2) is 0 Å². The first-order valence-electron chi connectivity index (χ1n) is 10.3. The van der Waals surface area contributed by atoms with E-state index in [1.165, 1.54) is 5.56 Å².